The average molecular weight is 265 g/mol. The first-order valence-corrected chi connectivity index (χ1v) is 7.36. The number of benzene rings is 2. The molecule has 1 atom stereocenters. The molecule has 0 aliphatic carbocycles. The molecule has 2 aromatic rings. The van der Waals surface area contributed by atoms with Crippen molar-refractivity contribution < 1.29 is 0 Å². The highest BCUT2D eigenvalue weighted by molar-refractivity contribution is 5.72. The molecule has 0 saturated carbocycles. The van der Waals surface area contributed by atoms with Gasteiger partial charge in [0.05, 0.1) is 17.4 Å². The van der Waals surface area contributed by atoms with Gasteiger partial charge in [0, 0.05) is 18.8 Å². The number of aryl methyl sites for hydroxylation is 1. The summed E-state index contributed by atoms with van der Waals surface area (Å²) < 4.78 is 0. The molecule has 3 heteroatoms. The van der Waals surface area contributed by atoms with Crippen LogP contribution in [0.2, 0.25) is 0 Å². The van der Waals surface area contributed by atoms with Gasteiger partial charge in [-0.3, -0.25) is 0 Å². The van der Waals surface area contributed by atoms with E-state index in [0.29, 0.717) is 6.04 Å². The van der Waals surface area contributed by atoms with Crippen LogP contribution in [0.5, 0.6) is 0 Å². The molecule has 0 aromatic heterocycles. The molecule has 3 nitrogen and oxygen atoms in total. The highest BCUT2D eigenvalue weighted by Crippen LogP contribution is 2.35. The molecule has 2 aliphatic heterocycles. The monoisotopic (exact) mass is 265 g/mol. The van der Waals surface area contributed by atoms with Crippen molar-refractivity contribution in [1.29, 1.82) is 0 Å². The Kier molecular flexibility index (Phi) is 2.76. The third-order valence-electron chi connectivity index (χ3n) is 4.25. The molecular weight excluding hydrogens is 246 g/mol. The Morgan fingerprint density at radius 1 is 0.850 bits per heavy atom. The summed E-state index contributed by atoms with van der Waals surface area (Å²) in [5.41, 5.74) is 6.54. The van der Waals surface area contributed by atoms with E-state index in [9.17, 15) is 0 Å². The molecule has 0 amide bonds. The van der Waals surface area contributed by atoms with E-state index < -0.39 is 0 Å². The molecule has 0 bridgehead atoms. The zero-order chi connectivity index (χ0) is 13.4. The van der Waals surface area contributed by atoms with Crippen molar-refractivity contribution in [3.05, 3.63) is 53.6 Å². The minimum atomic E-state index is 0.416. The number of para-hydroxylation sites is 1. The van der Waals surface area contributed by atoms with Crippen molar-refractivity contribution in [2.45, 2.75) is 18.9 Å². The van der Waals surface area contributed by atoms with Crippen molar-refractivity contribution >= 4 is 17.1 Å². The fourth-order valence-corrected chi connectivity index (χ4v) is 3.16. The summed E-state index contributed by atoms with van der Waals surface area (Å²) in [6.45, 7) is 2.00. The van der Waals surface area contributed by atoms with Crippen LogP contribution in [-0.4, -0.2) is 13.1 Å². The van der Waals surface area contributed by atoms with Gasteiger partial charge in [0.15, 0.2) is 0 Å². The van der Waals surface area contributed by atoms with E-state index in [4.69, 9.17) is 0 Å². The van der Waals surface area contributed by atoms with Crippen molar-refractivity contribution in [3.8, 4) is 0 Å². The smallest absolute Gasteiger partial charge is 0.0580 e. The summed E-state index contributed by atoms with van der Waals surface area (Å²) >= 11 is 0. The van der Waals surface area contributed by atoms with E-state index in [1.807, 2.05) is 0 Å². The predicted molar refractivity (Wildman–Crippen MR) is 84.5 cm³/mol. The zero-order valence-electron chi connectivity index (χ0n) is 11.4. The number of rotatable bonds is 1. The predicted octanol–water partition coefficient (Wildman–Crippen LogP) is 3.62. The largest absolute Gasteiger partial charge is 0.382 e. The van der Waals surface area contributed by atoms with E-state index in [1.165, 1.54) is 28.2 Å². The summed E-state index contributed by atoms with van der Waals surface area (Å²) in [6.07, 6.45) is 2.31. The Morgan fingerprint density at radius 3 is 2.65 bits per heavy atom. The third-order valence-corrected chi connectivity index (χ3v) is 4.25. The second-order valence-electron chi connectivity index (χ2n) is 5.55. The van der Waals surface area contributed by atoms with Gasteiger partial charge in [0.2, 0.25) is 0 Å². The first-order chi connectivity index (χ1) is 9.90. The van der Waals surface area contributed by atoms with Gasteiger partial charge in [-0.15, -0.1) is 0 Å². The van der Waals surface area contributed by atoms with Crippen LogP contribution in [0, 0.1) is 0 Å². The van der Waals surface area contributed by atoms with E-state index >= 15 is 0 Å². The van der Waals surface area contributed by atoms with Gasteiger partial charge in [-0.05, 0) is 42.2 Å². The number of anilines is 3. The topological polar surface area (TPSA) is 36.1 Å². The normalized spacial score (nSPS) is 19.9. The number of hydrogen-bond acceptors (Lipinski definition) is 3. The van der Waals surface area contributed by atoms with Crippen molar-refractivity contribution in [2.24, 2.45) is 0 Å². The summed E-state index contributed by atoms with van der Waals surface area (Å²) in [6, 6.07) is 15.8. The number of nitrogens with one attached hydrogen (secondary N) is 3. The van der Waals surface area contributed by atoms with Gasteiger partial charge < -0.3 is 16.0 Å². The molecule has 2 aliphatic rings. The van der Waals surface area contributed by atoms with Gasteiger partial charge in [0.1, 0.15) is 0 Å². The van der Waals surface area contributed by atoms with Crippen LogP contribution in [0.3, 0.4) is 0 Å². The Labute approximate surface area is 119 Å². The quantitative estimate of drug-likeness (QED) is 0.737. The van der Waals surface area contributed by atoms with Gasteiger partial charge in [-0.2, -0.15) is 0 Å². The highest BCUT2D eigenvalue weighted by Gasteiger charge is 2.20. The molecule has 3 N–H and O–H groups in total. The average Bonchev–Trinajstić information content (AvgIpc) is 2.54. The van der Waals surface area contributed by atoms with E-state index in [2.05, 4.69) is 58.4 Å². The fourth-order valence-electron chi connectivity index (χ4n) is 3.16. The summed E-state index contributed by atoms with van der Waals surface area (Å²) in [7, 11) is 0. The summed E-state index contributed by atoms with van der Waals surface area (Å²) in [5, 5.41) is 10.6. The standard InChI is InChI=1S/C17H19N3/c1-2-4-14-12(3-1)5-7-15(20-14)13-6-8-16-17(11-13)19-10-9-18-16/h1-4,6,8,11,15,18-20H,5,7,9-10H2. The van der Waals surface area contributed by atoms with Gasteiger partial charge in [-0.1, -0.05) is 24.3 Å². The van der Waals surface area contributed by atoms with E-state index in [0.717, 1.165) is 25.9 Å². The molecule has 20 heavy (non-hydrogen) atoms. The Balaban J connectivity index is 1.63. The van der Waals surface area contributed by atoms with Crippen LogP contribution < -0.4 is 16.0 Å². The highest BCUT2D eigenvalue weighted by atomic mass is 15.0. The molecule has 0 radical (unpaired) electrons. The molecule has 4 rings (SSSR count). The SMILES string of the molecule is c1ccc2c(c1)CCC(c1ccc3c(c1)NCCN3)N2. The maximum absolute atomic E-state index is 3.67. The van der Waals surface area contributed by atoms with Crippen LogP contribution in [0.1, 0.15) is 23.6 Å². The third kappa shape index (κ3) is 1.99. The van der Waals surface area contributed by atoms with E-state index in [-0.39, 0.29) is 0 Å². The van der Waals surface area contributed by atoms with Crippen molar-refractivity contribution in [2.75, 3.05) is 29.0 Å². The van der Waals surface area contributed by atoms with E-state index in [1.54, 1.807) is 0 Å². The fraction of sp³-hybridized carbons (Fsp3) is 0.294. The molecule has 1 unspecified atom stereocenters. The van der Waals surface area contributed by atoms with Crippen LogP contribution in [0.4, 0.5) is 17.1 Å². The molecule has 2 aromatic carbocycles. The van der Waals surface area contributed by atoms with Gasteiger partial charge >= 0.3 is 0 Å². The zero-order valence-corrected chi connectivity index (χ0v) is 11.4. The van der Waals surface area contributed by atoms with Crippen molar-refractivity contribution in [3.63, 3.8) is 0 Å². The number of fused-ring (bicyclic) bond motifs is 2. The molecular formula is C17H19N3. The first-order valence-electron chi connectivity index (χ1n) is 7.36. The van der Waals surface area contributed by atoms with Crippen LogP contribution in [0.15, 0.2) is 42.5 Å². The maximum atomic E-state index is 3.67. The summed E-state index contributed by atoms with van der Waals surface area (Å²) in [4.78, 5) is 0. The minimum absolute atomic E-state index is 0.416. The second-order valence-corrected chi connectivity index (χ2v) is 5.55. The molecule has 0 fully saturated rings. The van der Waals surface area contributed by atoms with Crippen LogP contribution in [0.25, 0.3) is 0 Å². The van der Waals surface area contributed by atoms with Gasteiger partial charge in [-0.25, -0.2) is 0 Å². The Bertz CT molecular complexity index is 636. The van der Waals surface area contributed by atoms with Crippen molar-refractivity contribution in [1.82, 2.24) is 0 Å². The second kappa shape index (κ2) is 4.75. The Morgan fingerprint density at radius 2 is 1.70 bits per heavy atom. The number of hydrogen-bond donors (Lipinski definition) is 3. The minimum Gasteiger partial charge on any atom is -0.382 e. The van der Waals surface area contributed by atoms with Crippen LogP contribution >= 0.6 is 0 Å². The molecule has 2 heterocycles. The lowest BCUT2D eigenvalue weighted by Crippen LogP contribution is -2.22. The lowest BCUT2D eigenvalue weighted by Gasteiger charge is -2.29. The molecule has 0 saturated heterocycles. The molecule has 0 spiro atoms. The van der Waals surface area contributed by atoms with Gasteiger partial charge in [0.25, 0.3) is 0 Å². The lowest BCUT2D eigenvalue weighted by atomic mass is 9.93. The first kappa shape index (κ1) is 11.6. The maximum Gasteiger partial charge on any atom is 0.0580 e. The summed E-state index contributed by atoms with van der Waals surface area (Å²) in [5.74, 6) is 0. The Hall–Kier alpha value is -2.16. The molecule has 102 valence electrons. The van der Waals surface area contributed by atoms with Crippen LogP contribution in [-0.2, 0) is 6.42 Å². The lowest BCUT2D eigenvalue weighted by molar-refractivity contribution is 0.668.